The van der Waals surface area contributed by atoms with Crippen molar-refractivity contribution < 1.29 is 19.1 Å². The minimum atomic E-state index is -1.23. The maximum atomic E-state index is 12.9. The number of nitrogens with zero attached hydrogens (tertiary/aromatic N) is 1. The van der Waals surface area contributed by atoms with Crippen molar-refractivity contribution in [3.05, 3.63) is 58.6 Å². The van der Waals surface area contributed by atoms with E-state index in [2.05, 4.69) is 26.6 Å². The summed E-state index contributed by atoms with van der Waals surface area (Å²) in [5, 5.41) is 5.34. The van der Waals surface area contributed by atoms with E-state index in [4.69, 9.17) is 4.74 Å². The fourth-order valence-electron chi connectivity index (χ4n) is 2.84. The standard InChI is InChI=1S/C19H18BrN3O4/c1-19(12-3-9-15(27-2)10-4-12)17(25)23(18(26)22-19)11-16(24)21-14-7-5-13(20)6-8-14/h3-10H,11H2,1-2H3,(H,21,24)(H,22,26). The molecule has 0 spiro atoms. The third-order valence-corrected chi connectivity index (χ3v) is 4.90. The molecule has 0 aliphatic carbocycles. The lowest BCUT2D eigenvalue weighted by atomic mass is 9.92. The summed E-state index contributed by atoms with van der Waals surface area (Å²) in [5.74, 6) is -0.298. The van der Waals surface area contributed by atoms with E-state index in [9.17, 15) is 14.4 Å². The number of carbonyl (C=O) groups is 3. The van der Waals surface area contributed by atoms with Gasteiger partial charge in [0.05, 0.1) is 7.11 Å². The minimum absolute atomic E-state index is 0.369. The summed E-state index contributed by atoms with van der Waals surface area (Å²) in [6.07, 6.45) is 0. The predicted molar refractivity (Wildman–Crippen MR) is 103 cm³/mol. The van der Waals surface area contributed by atoms with Gasteiger partial charge in [-0.3, -0.25) is 14.5 Å². The van der Waals surface area contributed by atoms with E-state index in [1.807, 2.05) is 0 Å². The topological polar surface area (TPSA) is 87.7 Å². The molecule has 1 atom stereocenters. The Morgan fingerprint density at radius 3 is 2.37 bits per heavy atom. The summed E-state index contributed by atoms with van der Waals surface area (Å²) in [7, 11) is 1.55. The van der Waals surface area contributed by atoms with Crippen molar-refractivity contribution in [3.63, 3.8) is 0 Å². The highest BCUT2D eigenvalue weighted by Crippen LogP contribution is 2.30. The Labute approximate surface area is 164 Å². The Hall–Kier alpha value is -2.87. The van der Waals surface area contributed by atoms with Gasteiger partial charge in [-0.2, -0.15) is 0 Å². The molecule has 1 saturated heterocycles. The van der Waals surface area contributed by atoms with Crippen molar-refractivity contribution in [1.29, 1.82) is 0 Å². The van der Waals surface area contributed by atoms with Crippen LogP contribution >= 0.6 is 15.9 Å². The smallest absolute Gasteiger partial charge is 0.325 e. The van der Waals surface area contributed by atoms with Crippen LogP contribution < -0.4 is 15.4 Å². The van der Waals surface area contributed by atoms with Gasteiger partial charge in [0.15, 0.2) is 0 Å². The van der Waals surface area contributed by atoms with Crippen molar-refractivity contribution in [2.75, 3.05) is 19.0 Å². The Morgan fingerprint density at radius 2 is 1.78 bits per heavy atom. The fraction of sp³-hybridized carbons (Fsp3) is 0.211. The minimum Gasteiger partial charge on any atom is -0.497 e. The number of anilines is 1. The number of rotatable bonds is 5. The average Bonchev–Trinajstić information content (AvgIpc) is 2.88. The van der Waals surface area contributed by atoms with E-state index < -0.39 is 23.4 Å². The van der Waals surface area contributed by atoms with Gasteiger partial charge in [0.25, 0.3) is 5.91 Å². The highest BCUT2D eigenvalue weighted by atomic mass is 79.9. The molecule has 4 amide bonds. The van der Waals surface area contributed by atoms with Crippen LogP contribution in [-0.2, 0) is 15.1 Å². The number of halogens is 1. The van der Waals surface area contributed by atoms with Gasteiger partial charge < -0.3 is 15.4 Å². The first-order valence-corrected chi connectivity index (χ1v) is 8.97. The lowest BCUT2D eigenvalue weighted by Crippen LogP contribution is -2.42. The molecule has 7 nitrogen and oxygen atoms in total. The van der Waals surface area contributed by atoms with E-state index in [0.717, 1.165) is 9.37 Å². The van der Waals surface area contributed by atoms with Crippen molar-refractivity contribution in [3.8, 4) is 5.75 Å². The van der Waals surface area contributed by atoms with Gasteiger partial charge in [0.2, 0.25) is 5.91 Å². The van der Waals surface area contributed by atoms with E-state index in [1.165, 1.54) is 0 Å². The van der Waals surface area contributed by atoms with Crippen LogP contribution in [0.15, 0.2) is 53.0 Å². The second-order valence-corrected chi connectivity index (χ2v) is 7.15. The second-order valence-electron chi connectivity index (χ2n) is 6.23. The predicted octanol–water partition coefficient (Wildman–Crippen LogP) is 2.86. The van der Waals surface area contributed by atoms with Gasteiger partial charge in [-0.05, 0) is 48.9 Å². The largest absolute Gasteiger partial charge is 0.497 e. The van der Waals surface area contributed by atoms with Gasteiger partial charge in [-0.25, -0.2) is 4.79 Å². The highest BCUT2D eigenvalue weighted by molar-refractivity contribution is 9.10. The van der Waals surface area contributed by atoms with Crippen LogP contribution in [0.2, 0.25) is 0 Å². The number of amides is 4. The number of urea groups is 1. The Bertz CT molecular complexity index is 883. The van der Waals surface area contributed by atoms with Crippen LogP contribution in [0, 0.1) is 0 Å². The third kappa shape index (κ3) is 3.80. The number of carbonyl (C=O) groups excluding carboxylic acids is 3. The summed E-state index contributed by atoms with van der Waals surface area (Å²) in [6.45, 7) is 1.24. The second kappa shape index (κ2) is 7.40. The molecule has 1 aliphatic heterocycles. The maximum Gasteiger partial charge on any atom is 0.325 e. The maximum absolute atomic E-state index is 12.9. The molecule has 0 radical (unpaired) electrons. The van der Waals surface area contributed by atoms with Crippen LogP contribution in [0.25, 0.3) is 0 Å². The molecule has 1 fully saturated rings. The first-order valence-electron chi connectivity index (χ1n) is 8.17. The summed E-state index contributed by atoms with van der Waals surface area (Å²) < 4.78 is 5.99. The van der Waals surface area contributed by atoms with Gasteiger partial charge in [0.1, 0.15) is 17.8 Å². The molecule has 8 heteroatoms. The SMILES string of the molecule is COc1ccc(C2(C)NC(=O)N(CC(=O)Nc3ccc(Br)cc3)C2=O)cc1. The summed E-state index contributed by atoms with van der Waals surface area (Å²) in [4.78, 5) is 38.3. The number of imide groups is 1. The number of benzene rings is 2. The summed E-state index contributed by atoms with van der Waals surface area (Å²) in [6, 6.07) is 13.2. The first kappa shape index (κ1) is 18.9. The number of hydrogen-bond acceptors (Lipinski definition) is 4. The van der Waals surface area contributed by atoms with Crippen LogP contribution in [0.5, 0.6) is 5.75 Å². The molecule has 27 heavy (non-hydrogen) atoms. The summed E-state index contributed by atoms with van der Waals surface area (Å²) in [5.41, 5.74) is -0.0491. The monoisotopic (exact) mass is 431 g/mol. The zero-order chi connectivity index (χ0) is 19.6. The molecule has 1 heterocycles. The first-order chi connectivity index (χ1) is 12.8. The Morgan fingerprint density at radius 1 is 1.15 bits per heavy atom. The van der Waals surface area contributed by atoms with Crippen molar-refractivity contribution in [1.82, 2.24) is 10.2 Å². The van der Waals surface area contributed by atoms with E-state index in [-0.39, 0.29) is 6.54 Å². The Balaban J connectivity index is 1.73. The molecular formula is C19H18BrN3O4. The highest BCUT2D eigenvalue weighted by Gasteiger charge is 2.49. The van der Waals surface area contributed by atoms with Crippen molar-refractivity contribution >= 4 is 39.5 Å². The lowest BCUT2D eigenvalue weighted by molar-refractivity contribution is -0.133. The quantitative estimate of drug-likeness (QED) is 0.712. The van der Waals surface area contributed by atoms with E-state index in [0.29, 0.717) is 17.0 Å². The van der Waals surface area contributed by atoms with Gasteiger partial charge in [-0.1, -0.05) is 28.1 Å². The fourth-order valence-corrected chi connectivity index (χ4v) is 3.10. The average molecular weight is 432 g/mol. The van der Waals surface area contributed by atoms with Crippen LogP contribution in [0.1, 0.15) is 12.5 Å². The van der Waals surface area contributed by atoms with Crippen LogP contribution in [-0.4, -0.2) is 36.4 Å². The summed E-state index contributed by atoms with van der Waals surface area (Å²) >= 11 is 3.32. The van der Waals surface area contributed by atoms with Crippen molar-refractivity contribution in [2.24, 2.45) is 0 Å². The molecule has 0 saturated carbocycles. The van der Waals surface area contributed by atoms with E-state index >= 15 is 0 Å². The zero-order valence-corrected chi connectivity index (χ0v) is 16.4. The number of methoxy groups -OCH3 is 1. The molecule has 2 aromatic rings. The van der Waals surface area contributed by atoms with Crippen molar-refractivity contribution in [2.45, 2.75) is 12.5 Å². The molecular weight excluding hydrogens is 414 g/mol. The van der Waals surface area contributed by atoms with Gasteiger partial charge in [-0.15, -0.1) is 0 Å². The normalized spacial score (nSPS) is 19.0. The Kier molecular flexibility index (Phi) is 5.18. The molecule has 2 aromatic carbocycles. The lowest BCUT2D eigenvalue weighted by Gasteiger charge is -2.22. The molecule has 140 valence electrons. The van der Waals surface area contributed by atoms with E-state index in [1.54, 1.807) is 62.6 Å². The molecule has 0 bridgehead atoms. The molecule has 1 unspecified atom stereocenters. The molecule has 3 rings (SSSR count). The molecule has 2 N–H and O–H groups in total. The van der Waals surface area contributed by atoms with Gasteiger partial charge >= 0.3 is 6.03 Å². The van der Waals surface area contributed by atoms with Gasteiger partial charge in [0, 0.05) is 10.2 Å². The number of nitrogens with one attached hydrogen (secondary N) is 2. The third-order valence-electron chi connectivity index (χ3n) is 4.37. The van der Waals surface area contributed by atoms with Crippen LogP contribution in [0.3, 0.4) is 0 Å². The molecule has 0 aromatic heterocycles. The number of hydrogen-bond donors (Lipinski definition) is 2. The van der Waals surface area contributed by atoms with Crippen LogP contribution in [0.4, 0.5) is 10.5 Å². The molecule has 1 aliphatic rings. The number of ether oxygens (including phenoxy) is 1. The zero-order valence-electron chi connectivity index (χ0n) is 14.8.